The van der Waals surface area contributed by atoms with Crippen molar-refractivity contribution in [1.82, 2.24) is 9.80 Å². The van der Waals surface area contributed by atoms with Gasteiger partial charge in [0.1, 0.15) is 5.75 Å². The largest absolute Gasteiger partial charge is 0.573 e. The first-order valence-corrected chi connectivity index (χ1v) is 9.00. The Hall–Kier alpha value is -2.80. The molecule has 0 atom stereocenters. The topological polar surface area (TPSA) is 32.8 Å². The second-order valence-corrected chi connectivity index (χ2v) is 6.48. The van der Waals surface area contributed by atoms with Gasteiger partial charge in [0.2, 0.25) is 0 Å². The van der Waals surface area contributed by atoms with E-state index in [0.717, 1.165) is 37.3 Å². The predicted octanol–water partition coefficient (Wildman–Crippen LogP) is 4.06. The van der Waals surface area contributed by atoms with E-state index >= 15 is 0 Å². The van der Waals surface area contributed by atoms with E-state index in [2.05, 4.69) is 21.8 Å². The third-order valence-corrected chi connectivity index (χ3v) is 4.47. The molecule has 2 aromatic carbocycles. The van der Waals surface area contributed by atoms with Gasteiger partial charge >= 0.3 is 6.36 Å². The lowest BCUT2D eigenvalue weighted by Gasteiger charge is -2.34. The molecule has 0 bridgehead atoms. The number of halogens is 3. The van der Waals surface area contributed by atoms with E-state index in [1.54, 1.807) is 4.90 Å². The zero-order valence-corrected chi connectivity index (χ0v) is 15.2. The minimum Gasteiger partial charge on any atom is -0.406 e. The zero-order chi connectivity index (χ0) is 20.0. The molecule has 0 radical (unpaired) electrons. The number of hydrogen-bond acceptors (Lipinski definition) is 3. The summed E-state index contributed by atoms with van der Waals surface area (Å²) in [4.78, 5) is 16.5. The summed E-state index contributed by atoms with van der Waals surface area (Å²) in [5, 5.41) is 0. The second kappa shape index (κ2) is 8.93. The van der Waals surface area contributed by atoms with Crippen molar-refractivity contribution >= 4 is 12.0 Å². The van der Waals surface area contributed by atoms with Crippen LogP contribution < -0.4 is 4.74 Å². The first-order chi connectivity index (χ1) is 13.4. The quantitative estimate of drug-likeness (QED) is 0.772. The Bertz CT molecular complexity index is 797. The molecular formula is C21H21F3N2O2. The summed E-state index contributed by atoms with van der Waals surface area (Å²) < 4.78 is 40.4. The van der Waals surface area contributed by atoms with Crippen LogP contribution in [0.1, 0.15) is 15.9 Å². The smallest absolute Gasteiger partial charge is 0.406 e. The molecule has 3 rings (SSSR count). The number of piperazine rings is 1. The van der Waals surface area contributed by atoms with Crippen molar-refractivity contribution < 1.29 is 22.7 Å². The standard InChI is InChI=1S/C21H21F3N2O2/c22-21(23,24)28-19-10-8-18(9-11-19)20(27)26-15-13-25(14-16-26)12-4-7-17-5-2-1-3-6-17/h1-11H,12-16H2/b7-4+. The van der Waals surface area contributed by atoms with Gasteiger partial charge in [-0.05, 0) is 29.8 Å². The monoisotopic (exact) mass is 390 g/mol. The van der Waals surface area contributed by atoms with Gasteiger partial charge in [0.25, 0.3) is 5.91 Å². The molecule has 0 unspecified atom stereocenters. The molecule has 1 fully saturated rings. The molecule has 1 amide bonds. The summed E-state index contributed by atoms with van der Waals surface area (Å²) in [5.74, 6) is -0.517. The fraction of sp³-hybridized carbons (Fsp3) is 0.286. The summed E-state index contributed by atoms with van der Waals surface area (Å²) in [7, 11) is 0. The van der Waals surface area contributed by atoms with E-state index in [9.17, 15) is 18.0 Å². The normalized spacial score (nSPS) is 15.8. The van der Waals surface area contributed by atoms with Crippen LogP contribution in [0.4, 0.5) is 13.2 Å². The van der Waals surface area contributed by atoms with E-state index in [1.165, 1.54) is 12.1 Å². The highest BCUT2D eigenvalue weighted by molar-refractivity contribution is 5.94. The van der Waals surface area contributed by atoms with Gasteiger partial charge in [-0.2, -0.15) is 0 Å². The summed E-state index contributed by atoms with van der Waals surface area (Å²) in [6.45, 7) is 3.47. The number of ether oxygens (including phenoxy) is 1. The van der Waals surface area contributed by atoms with Crippen LogP contribution >= 0.6 is 0 Å². The third-order valence-electron chi connectivity index (χ3n) is 4.47. The van der Waals surface area contributed by atoms with Crippen LogP contribution in [-0.2, 0) is 0 Å². The van der Waals surface area contributed by atoms with Gasteiger partial charge in [-0.1, -0.05) is 42.5 Å². The highest BCUT2D eigenvalue weighted by atomic mass is 19.4. The number of carbonyl (C=O) groups is 1. The van der Waals surface area contributed by atoms with Gasteiger partial charge in [0.15, 0.2) is 0 Å². The minimum atomic E-state index is -4.74. The first kappa shape index (κ1) is 19.9. The average Bonchev–Trinajstić information content (AvgIpc) is 2.68. The average molecular weight is 390 g/mol. The van der Waals surface area contributed by atoms with Crippen molar-refractivity contribution in [1.29, 1.82) is 0 Å². The molecule has 2 aromatic rings. The van der Waals surface area contributed by atoms with Crippen LogP contribution in [0, 0.1) is 0 Å². The first-order valence-electron chi connectivity index (χ1n) is 9.00. The molecule has 0 saturated carbocycles. The highest BCUT2D eigenvalue weighted by Crippen LogP contribution is 2.23. The Kier molecular flexibility index (Phi) is 6.36. The van der Waals surface area contributed by atoms with Crippen LogP contribution in [0.5, 0.6) is 5.75 Å². The predicted molar refractivity (Wildman–Crippen MR) is 101 cm³/mol. The molecule has 0 N–H and O–H groups in total. The van der Waals surface area contributed by atoms with Crippen LogP contribution in [0.2, 0.25) is 0 Å². The highest BCUT2D eigenvalue weighted by Gasteiger charge is 2.31. The number of alkyl halides is 3. The maximum Gasteiger partial charge on any atom is 0.573 e. The van der Waals surface area contributed by atoms with Crippen LogP contribution in [-0.4, -0.2) is 54.8 Å². The number of amides is 1. The van der Waals surface area contributed by atoms with Crippen LogP contribution in [0.15, 0.2) is 60.7 Å². The van der Waals surface area contributed by atoms with Crippen molar-refractivity contribution in [2.75, 3.05) is 32.7 Å². The fourth-order valence-corrected chi connectivity index (χ4v) is 3.02. The van der Waals surface area contributed by atoms with Crippen LogP contribution in [0.3, 0.4) is 0 Å². The molecule has 0 spiro atoms. The SMILES string of the molecule is O=C(c1ccc(OC(F)(F)F)cc1)N1CCN(C/C=C/c2ccccc2)CC1. The van der Waals surface area contributed by atoms with E-state index in [4.69, 9.17) is 0 Å². The summed E-state index contributed by atoms with van der Waals surface area (Å²) in [5.41, 5.74) is 1.50. The van der Waals surface area contributed by atoms with Gasteiger partial charge in [-0.25, -0.2) is 0 Å². The van der Waals surface area contributed by atoms with Gasteiger partial charge in [0.05, 0.1) is 0 Å². The molecule has 1 heterocycles. The number of hydrogen-bond donors (Lipinski definition) is 0. The second-order valence-electron chi connectivity index (χ2n) is 6.48. The lowest BCUT2D eigenvalue weighted by Crippen LogP contribution is -2.48. The van der Waals surface area contributed by atoms with Crippen molar-refractivity contribution in [2.45, 2.75) is 6.36 Å². The lowest BCUT2D eigenvalue weighted by molar-refractivity contribution is -0.274. The maximum atomic E-state index is 12.5. The lowest BCUT2D eigenvalue weighted by atomic mass is 10.1. The Balaban J connectivity index is 1.47. The van der Waals surface area contributed by atoms with Crippen molar-refractivity contribution in [3.05, 3.63) is 71.8 Å². The summed E-state index contributed by atoms with van der Waals surface area (Å²) in [6, 6.07) is 15.1. The Morgan fingerprint density at radius 2 is 1.61 bits per heavy atom. The molecule has 0 aromatic heterocycles. The van der Waals surface area contributed by atoms with Crippen molar-refractivity contribution in [2.24, 2.45) is 0 Å². The van der Waals surface area contributed by atoms with Gasteiger partial charge in [0, 0.05) is 38.3 Å². The minimum absolute atomic E-state index is 0.182. The molecule has 0 aliphatic carbocycles. The molecular weight excluding hydrogens is 369 g/mol. The van der Waals surface area contributed by atoms with Crippen LogP contribution in [0.25, 0.3) is 6.08 Å². The van der Waals surface area contributed by atoms with Gasteiger partial charge in [-0.15, -0.1) is 13.2 Å². The van der Waals surface area contributed by atoms with Gasteiger partial charge in [-0.3, -0.25) is 9.69 Å². The van der Waals surface area contributed by atoms with Crippen molar-refractivity contribution in [3.8, 4) is 5.75 Å². The third kappa shape index (κ3) is 5.85. The summed E-state index contributed by atoms with van der Waals surface area (Å²) >= 11 is 0. The molecule has 4 nitrogen and oxygen atoms in total. The van der Waals surface area contributed by atoms with E-state index in [-0.39, 0.29) is 11.7 Å². The fourth-order valence-electron chi connectivity index (χ4n) is 3.02. The van der Waals surface area contributed by atoms with E-state index in [1.807, 2.05) is 30.3 Å². The summed E-state index contributed by atoms with van der Waals surface area (Å²) in [6.07, 6.45) is -0.564. The van der Waals surface area contributed by atoms with E-state index in [0.29, 0.717) is 18.7 Å². The number of carbonyl (C=O) groups excluding carboxylic acids is 1. The van der Waals surface area contributed by atoms with Gasteiger partial charge < -0.3 is 9.64 Å². The maximum absolute atomic E-state index is 12.5. The Morgan fingerprint density at radius 1 is 0.964 bits per heavy atom. The molecule has 1 aliphatic heterocycles. The number of nitrogens with zero attached hydrogens (tertiary/aromatic N) is 2. The molecule has 28 heavy (non-hydrogen) atoms. The Labute approximate surface area is 161 Å². The van der Waals surface area contributed by atoms with Crippen molar-refractivity contribution in [3.63, 3.8) is 0 Å². The molecule has 148 valence electrons. The van der Waals surface area contributed by atoms with E-state index < -0.39 is 6.36 Å². The number of benzene rings is 2. The number of rotatable bonds is 5. The molecule has 1 saturated heterocycles. The zero-order valence-electron chi connectivity index (χ0n) is 15.2. The molecule has 7 heteroatoms. The molecule has 1 aliphatic rings. The Morgan fingerprint density at radius 3 is 2.21 bits per heavy atom.